The molecule has 2 rings (SSSR count). The number of methoxy groups -OCH3 is 1. The molecule has 0 aliphatic rings. The summed E-state index contributed by atoms with van der Waals surface area (Å²) in [5, 5.41) is 0. The maximum absolute atomic E-state index is 12.0. The normalized spacial score (nSPS) is 10.3. The molecule has 0 unspecified atom stereocenters. The first-order valence-electron chi connectivity index (χ1n) is 7.29. The molecule has 0 fully saturated rings. The second kappa shape index (κ2) is 8.10. The minimum absolute atomic E-state index is 0.0740. The Morgan fingerprint density at radius 2 is 1.61 bits per heavy atom. The van der Waals surface area contributed by atoms with E-state index in [1.165, 1.54) is 12.0 Å². The number of primary amides is 1. The average molecular weight is 312 g/mol. The third-order valence-corrected chi connectivity index (χ3v) is 3.40. The molecular formula is C18H20N2O3. The van der Waals surface area contributed by atoms with Crippen molar-refractivity contribution in [2.75, 3.05) is 20.3 Å². The van der Waals surface area contributed by atoms with Crippen LogP contribution in [0.25, 0.3) is 11.1 Å². The SMILES string of the molecule is COCC(=O)N(CC(N)=O)Cc1ccc(-c2ccccc2)cc1. The van der Waals surface area contributed by atoms with Crippen molar-refractivity contribution in [3.05, 3.63) is 60.2 Å². The van der Waals surface area contributed by atoms with Gasteiger partial charge in [0.15, 0.2) is 0 Å². The second-order valence-corrected chi connectivity index (χ2v) is 5.21. The summed E-state index contributed by atoms with van der Waals surface area (Å²) < 4.78 is 4.84. The standard InChI is InChI=1S/C18H20N2O3/c1-23-13-18(22)20(12-17(19)21)11-14-7-9-16(10-8-14)15-5-3-2-4-6-15/h2-10H,11-13H2,1H3,(H2,19,21). The fourth-order valence-electron chi connectivity index (χ4n) is 2.29. The molecule has 0 radical (unpaired) electrons. The van der Waals surface area contributed by atoms with Gasteiger partial charge in [0.2, 0.25) is 11.8 Å². The second-order valence-electron chi connectivity index (χ2n) is 5.21. The fraction of sp³-hybridized carbons (Fsp3) is 0.222. The van der Waals surface area contributed by atoms with Gasteiger partial charge in [-0.25, -0.2) is 0 Å². The van der Waals surface area contributed by atoms with E-state index in [0.717, 1.165) is 16.7 Å². The minimum atomic E-state index is -0.546. The van der Waals surface area contributed by atoms with Gasteiger partial charge in [-0.2, -0.15) is 0 Å². The number of nitrogens with two attached hydrogens (primary N) is 1. The van der Waals surface area contributed by atoms with E-state index in [1.807, 2.05) is 54.6 Å². The van der Waals surface area contributed by atoms with Gasteiger partial charge in [0.05, 0.1) is 6.54 Å². The Kier molecular flexibility index (Phi) is 5.88. The van der Waals surface area contributed by atoms with Gasteiger partial charge in [-0.1, -0.05) is 54.6 Å². The molecule has 0 aliphatic carbocycles. The maximum atomic E-state index is 12.0. The van der Waals surface area contributed by atoms with E-state index < -0.39 is 5.91 Å². The largest absolute Gasteiger partial charge is 0.375 e. The number of carbonyl (C=O) groups excluding carboxylic acids is 2. The van der Waals surface area contributed by atoms with Crippen LogP contribution in [0.5, 0.6) is 0 Å². The number of carbonyl (C=O) groups is 2. The third-order valence-electron chi connectivity index (χ3n) is 3.40. The molecule has 120 valence electrons. The molecular weight excluding hydrogens is 292 g/mol. The predicted octanol–water partition coefficient (Wildman–Crippen LogP) is 1.81. The zero-order valence-corrected chi connectivity index (χ0v) is 13.1. The van der Waals surface area contributed by atoms with Gasteiger partial charge in [0, 0.05) is 13.7 Å². The van der Waals surface area contributed by atoms with Gasteiger partial charge in [0.25, 0.3) is 0 Å². The van der Waals surface area contributed by atoms with Crippen molar-refractivity contribution in [2.45, 2.75) is 6.54 Å². The lowest BCUT2D eigenvalue weighted by Crippen LogP contribution is -2.39. The summed E-state index contributed by atoms with van der Waals surface area (Å²) in [5.74, 6) is -0.811. The molecule has 0 bridgehead atoms. The van der Waals surface area contributed by atoms with Crippen LogP contribution in [-0.4, -0.2) is 37.0 Å². The topological polar surface area (TPSA) is 72.6 Å². The summed E-state index contributed by atoms with van der Waals surface area (Å²) in [4.78, 5) is 24.5. The number of benzene rings is 2. The molecule has 2 amide bonds. The molecule has 0 spiro atoms. The van der Waals surface area contributed by atoms with Crippen LogP contribution in [0, 0.1) is 0 Å². The zero-order valence-electron chi connectivity index (χ0n) is 13.1. The van der Waals surface area contributed by atoms with E-state index in [4.69, 9.17) is 10.5 Å². The van der Waals surface area contributed by atoms with Crippen LogP contribution in [0.4, 0.5) is 0 Å². The van der Waals surface area contributed by atoms with Crippen LogP contribution in [0.3, 0.4) is 0 Å². The van der Waals surface area contributed by atoms with Crippen LogP contribution in [-0.2, 0) is 20.9 Å². The van der Waals surface area contributed by atoms with Gasteiger partial charge in [0.1, 0.15) is 6.61 Å². The van der Waals surface area contributed by atoms with Crippen LogP contribution in [0.15, 0.2) is 54.6 Å². The molecule has 0 atom stereocenters. The van der Waals surface area contributed by atoms with Gasteiger partial charge < -0.3 is 15.4 Å². The molecule has 0 saturated carbocycles. The average Bonchev–Trinajstić information content (AvgIpc) is 2.55. The smallest absolute Gasteiger partial charge is 0.249 e. The highest BCUT2D eigenvalue weighted by atomic mass is 16.5. The minimum Gasteiger partial charge on any atom is -0.375 e. The number of rotatable bonds is 7. The van der Waals surface area contributed by atoms with Crippen molar-refractivity contribution >= 4 is 11.8 Å². The summed E-state index contributed by atoms with van der Waals surface area (Å²) in [7, 11) is 1.44. The first-order chi connectivity index (χ1) is 11.1. The summed E-state index contributed by atoms with van der Waals surface area (Å²) in [6.07, 6.45) is 0. The molecule has 2 N–H and O–H groups in total. The molecule has 0 aromatic heterocycles. The summed E-state index contributed by atoms with van der Waals surface area (Å²) >= 11 is 0. The molecule has 5 heteroatoms. The first-order valence-corrected chi connectivity index (χ1v) is 7.29. The number of nitrogens with zero attached hydrogens (tertiary/aromatic N) is 1. The molecule has 0 saturated heterocycles. The van der Waals surface area contributed by atoms with Gasteiger partial charge in [-0.05, 0) is 16.7 Å². The Morgan fingerprint density at radius 3 is 2.17 bits per heavy atom. The lowest BCUT2D eigenvalue weighted by atomic mass is 10.0. The van der Waals surface area contributed by atoms with Gasteiger partial charge >= 0.3 is 0 Å². The van der Waals surface area contributed by atoms with E-state index >= 15 is 0 Å². The Hall–Kier alpha value is -2.66. The quantitative estimate of drug-likeness (QED) is 0.847. The lowest BCUT2D eigenvalue weighted by molar-refractivity contribution is -0.139. The predicted molar refractivity (Wildman–Crippen MR) is 88.4 cm³/mol. The van der Waals surface area contributed by atoms with Crippen molar-refractivity contribution < 1.29 is 14.3 Å². The fourth-order valence-corrected chi connectivity index (χ4v) is 2.29. The number of amides is 2. The Bertz CT molecular complexity index is 654. The maximum Gasteiger partial charge on any atom is 0.249 e. The molecule has 2 aromatic rings. The Labute approximate surface area is 135 Å². The van der Waals surface area contributed by atoms with Crippen molar-refractivity contribution in [1.29, 1.82) is 0 Å². The highest BCUT2D eigenvalue weighted by Gasteiger charge is 2.16. The highest BCUT2D eigenvalue weighted by molar-refractivity contribution is 5.84. The van der Waals surface area contributed by atoms with Gasteiger partial charge in [-0.15, -0.1) is 0 Å². The van der Waals surface area contributed by atoms with Crippen LogP contribution < -0.4 is 5.73 Å². The summed E-state index contributed by atoms with van der Waals surface area (Å²) in [6, 6.07) is 17.9. The third kappa shape index (κ3) is 4.93. The van der Waals surface area contributed by atoms with Crippen molar-refractivity contribution in [3.8, 4) is 11.1 Å². The number of ether oxygens (including phenoxy) is 1. The lowest BCUT2D eigenvalue weighted by Gasteiger charge is -2.21. The molecule has 23 heavy (non-hydrogen) atoms. The highest BCUT2D eigenvalue weighted by Crippen LogP contribution is 2.19. The van der Waals surface area contributed by atoms with Crippen LogP contribution in [0.2, 0.25) is 0 Å². The number of hydrogen-bond acceptors (Lipinski definition) is 3. The van der Waals surface area contributed by atoms with Crippen LogP contribution >= 0.6 is 0 Å². The van der Waals surface area contributed by atoms with E-state index in [-0.39, 0.29) is 19.1 Å². The van der Waals surface area contributed by atoms with E-state index in [0.29, 0.717) is 6.54 Å². The monoisotopic (exact) mass is 312 g/mol. The summed E-state index contributed by atoms with van der Waals surface area (Å²) in [5.41, 5.74) is 8.36. The number of hydrogen-bond donors (Lipinski definition) is 1. The Morgan fingerprint density at radius 1 is 1.00 bits per heavy atom. The van der Waals surface area contributed by atoms with Crippen molar-refractivity contribution in [2.24, 2.45) is 5.73 Å². The van der Waals surface area contributed by atoms with E-state index in [9.17, 15) is 9.59 Å². The van der Waals surface area contributed by atoms with Gasteiger partial charge in [-0.3, -0.25) is 9.59 Å². The van der Waals surface area contributed by atoms with E-state index in [1.54, 1.807) is 0 Å². The summed E-state index contributed by atoms with van der Waals surface area (Å²) in [6.45, 7) is 0.123. The van der Waals surface area contributed by atoms with E-state index in [2.05, 4.69) is 0 Å². The molecule has 0 aliphatic heterocycles. The molecule has 2 aromatic carbocycles. The van der Waals surface area contributed by atoms with Crippen LogP contribution in [0.1, 0.15) is 5.56 Å². The molecule has 0 heterocycles. The molecule has 5 nitrogen and oxygen atoms in total. The Balaban J connectivity index is 2.11. The zero-order chi connectivity index (χ0) is 16.7. The van der Waals surface area contributed by atoms with Crippen molar-refractivity contribution in [1.82, 2.24) is 4.90 Å². The first kappa shape index (κ1) is 16.7. The van der Waals surface area contributed by atoms with Crippen molar-refractivity contribution in [3.63, 3.8) is 0 Å².